The van der Waals surface area contributed by atoms with Crippen LogP contribution in [0.5, 0.6) is 0 Å². The largest absolute Gasteiger partial charge is 0.451 e. The normalized spacial score (nSPS) is 11.9. The number of para-hydroxylation sites is 1. The predicted octanol–water partition coefficient (Wildman–Crippen LogP) is 2.58. The Balaban J connectivity index is 0.00000180. The molecule has 19 heavy (non-hydrogen) atoms. The van der Waals surface area contributed by atoms with Crippen molar-refractivity contribution in [3.63, 3.8) is 0 Å². The highest BCUT2D eigenvalue weighted by Crippen LogP contribution is 2.18. The smallest absolute Gasteiger partial charge is 0.287 e. The lowest BCUT2D eigenvalue weighted by molar-refractivity contribution is 0.0924. The number of carbonyl (C=O) groups is 1. The Labute approximate surface area is 119 Å². The molecule has 0 aliphatic carbocycles. The maximum atomic E-state index is 11.9. The molecule has 104 valence electrons. The number of amides is 1. The van der Waals surface area contributed by atoms with Crippen LogP contribution in [-0.2, 0) is 0 Å². The Morgan fingerprint density at radius 1 is 1.37 bits per heavy atom. The molecule has 0 unspecified atom stereocenters. The highest BCUT2D eigenvalue weighted by Gasteiger charge is 2.12. The third-order valence-electron chi connectivity index (χ3n) is 2.77. The molecule has 1 aromatic heterocycles. The number of halogens is 1. The molecule has 0 bridgehead atoms. The summed E-state index contributed by atoms with van der Waals surface area (Å²) in [6, 6.07) is 9.61. The van der Waals surface area contributed by atoms with E-state index in [1.54, 1.807) is 6.07 Å². The summed E-state index contributed by atoms with van der Waals surface area (Å²) in [7, 11) is 0. The van der Waals surface area contributed by atoms with Crippen molar-refractivity contribution in [3.05, 3.63) is 36.1 Å². The first-order chi connectivity index (χ1) is 8.70. The number of likely N-dealkylation sites (N-methyl/N-ethyl adjacent to an activating group) is 1. The summed E-state index contributed by atoms with van der Waals surface area (Å²) >= 11 is 0. The molecule has 5 heteroatoms. The van der Waals surface area contributed by atoms with E-state index in [4.69, 9.17) is 4.42 Å². The van der Waals surface area contributed by atoms with Crippen LogP contribution in [0, 0.1) is 0 Å². The van der Waals surface area contributed by atoms with E-state index in [0.717, 1.165) is 17.5 Å². The van der Waals surface area contributed by atoms with Gasteiger partial charge in [0, 0.05) is 18.0 Å². The number of hydrogen-bond acceptors (Lipinski definition) is 3. The average Bonchev–Trinajstić information content (AvgIpc) is 2.80. The molecule has 0 aliphatic rings. The number of benzene rings is 1. The zero-order chi connectivity index (χ0) is 13.0. The molecule has 0 radical (unpaired) electrons. The van der Waals surface area contributed by atoms with E-state index in [1.165, 1.54) is 0 Å². The van der Waals surface area contributed by atoms with Crippen LogP contribution in [0.2, 0.25) is 0 Å². The van der Waals surface area contributed by atoms with Crippen LogP contribution in [0.25, 0.3) is 11.0 Å². The van der Waals surface area contributed by atoms with Gasteiger partial charge in [0.1, 0.15) is 5.58 Å². The standard InChI is InChI=1S/C14H18N2O2.ClH/c1-3-15-10(2)9-16-14(17)13-8-11-6-4-5-7-12(11)18-13;/h4-8,10,15H,3,9H2,1-2H3,(H,16,17);1H/t10-;/m1./s1. The van der Waals surface area contributed by atoms with E-state index >= 15 is 0 Å². The molecule has 2 N–H and O–H groups in total. The summed E-state index contributed by atoms with van der Waals surface area (Å²) in [5.74, 6) is 0.191. The van der Waals surface area contributed by atoms with Gasteiger partial charge >= 0.3 is 0 Å². The van der Waals surface area contributed by atoms with Crippen molar-refractivity contribution in [1.82, 2.24) is 10.6 Å². The van der Waals surface area contributed by atoms with Gasteiger partial charge in [0.2, 0.25) is 0 Å². The fourth-order valence-electron chi connectivity index (χ4n) is 1.85. The molecule has 2 aromatic rings. The molecule has 1 atom stereocenters. The van der Waals surface area contributed by atoms with Gasteiger partial charge in [0.15, 0.2) is 5.76 Å². The summed E-state index contributed by atoms with van der Waals surface area (Å²) in [4.78, 5) is 11.9. The summed E-state index contributed by atoms with van der Waals surface area (Å²) in [6.07, 6.45) is 0. The second-order valence-electron chi connectivity index (χ2n) is 4.32. The SMILES string of the molecule is CCN[C@H](C)CNC(=O)c1cc2ccccc2o1.Cl. The highest BCUT2D eigenvalue weighted by molar-refractivity contribution is 5.96. The van der Waals surface area contributed by atoms with Crippen LogP contribution in [0.3, 0.4) is 0 Å². The fraction of sp³-hybridized carbons (Fsp3) is 0.357. The Hall–Kier alpha value is -1.52. The molecule has 1 heterocycles. The topological polar surface area (TPSA) is 54.3 Å². The minimum Gasteiger partial charge on any atom is -0.451 e. The van der Waals surface area contributed by atoms with Gasteiger partial charge in [0.05, 0.1) is 0 Å². The van der Waals surface area contributed by atoms with Crippen molar-refractivity contribution in [3.8, 4) is 0 Å². The Morgan fingerprint density at radius 2 is 2.11 bits per heavy atom. The van der Waals surface area contributed by atoms with Gasteiger partial charge in [-0.15, -0.1) is 12.4 Å². The number of rotatable bonds is 5. The van der Waals surface area contributed by atoms with Gasteiger partial charge in [-0.05, 0) is 25.6 Å². The fourth-order valence-corrected chi connectivity index (χ4v) is 1.85. The van der Waals surface area contributed by atoms with E-state index in [-0.39, 0.29) is 24.4 Å². The molecule has 0 spiro atoms. The van der Waals surface area contributed by atoms with Gasteiger partial charge in [-0.1, -0.05) is 25.1 Å². The van der Waals surface area contributed by atoms with Crippen LogP contribution >= 0.6 is 12.4 Å². The Morgan fingerprint density at radius 3 is 2.79 bits per heavy atom. The van der Waals surface area contributed by atoms with E-state index < -0.39 is 0 Å². The highest BCUT2D eigenvalue weighted by atomic mass is 35.5. The number of nitrogens with one attached hydrogen (secondary N) is 2. The lowest BCUT2D eigenvalue weighted by Crippen LogP contribution is -2.38. The number of hydrogen-bond donors (Lipinski definition) is 2. The van der Waals surface area contributed by atoms with Crippen molar-refractivity contribution < 1.29 is 9.21 Å². The first kappa shape index (κ1) is 15.5. The monoisotopic (exact) mass is 282 g/mol. The van der Waals surface area contributed by atoms with Crippen molar-refractivity contribution in [1.29, 1.82) is 0 Å². The van der Waals surface area contributed by atoms with Gasteiger partial charge in [0.25, 0.3) is 5.91 Å². The lowest BCUT2D eigenvalue weighted by Gasteiger charge is -2.12. The van der Waals surface area contributed by atoms with Crippen LogP contribution < -0.4 is 10.6 Å². The first-order valence-electron chi connectivity index (χ1n) is 6.21. The molecule has 4 nitrogen and oxygen atoms in total. The van der Waals surface area contributed by atoms with Gasteiger partial charge < -0.3 is 15.1 Å². The number of furan rings is 1. The molecule has 1 aromatic carbocycles. The quantitative estimate of drug-likeness (QED) is 0.886. The van der Waals surface area contributed by atoms with Crippen molar-refractivity contribution in [2.24, 2.45) is 0 Å². The average molecular weight is 283 g/mol. The zero-order valence-corrected chi connectivity index (χ0v) is 11.9. The Bertz CT molecular complexity index is 506. The minimum atomic E-state index is -0.170. The molecule has 1 amide bonds. The summed E-state index contributed by atoms with van der Waals surface area (Å²) in [6.45, 7) is 5.55. The van der Waals surface area contributed by atoms with Crippen molar-refractivity contribution in [2.45, 2.75) is 19.9 Å². The van der Waals surface area contributed by atoms with E-state index in [9.17, 15) is 4.79 Å². The molecular weight excluding hydrogens is 264 g/mol. The second kappa shape index (κ2) is 7.16. The molecular formula is C14H19ClN2O2. The van der Waals surface area contributed by atoms with Gasteiger partial charge in [-0.3, -0.25) is 4.79 Å². The summed E-state index contributed by atoms with van der Waals surface area (Å²) in [5.41, 5.74) is 0.738. The van der Waals surface area contributed by atoms with Crippen LogP contribution in [-0.4, -0.2) is 25.0 Å². The van der Waals surface area contributed by atoms with Crippen LogP contribution in [0.1, 0.15) is 24.4 Å². The molecule has 0 saturated heterocycles. The predicted molar refractivity (Wildman–Crippen MR) is 78.9 cm³/mol. The summed E-state index contributed by atoms with van der Waals surface area (Å²) in [5, 5.41) is 7.03. The van der Waals surface area contributed by atoms with E-state index in [0.29, 0.717) is 12.3 Å². The molecule has 2 rings (SSSR count). The van der Waals surface area contributed by atoms with E-state index in [2.05, 4.69) is 10.6 Å². The summed E-state index contributed by atoms with van der Waals surface area (Å²) < 4.78 is 5.49. The minimum absolute atomic E-state index is 0. The maximum absolute atomic E-state index is 11.9. The van der Waals surface area contributed by atoms with Gasteiger partial charge in [-0.2, -0.15) is 0 Å². The zero-order valence-electron chi connectivity index (χ0n) is 11.1. The van der Waals surface area contributed by atoms with E-state index in [1.807, 2.05) is 38.1 Å². The second-order valence-corrected chi connectivity index (χ2v) is 4.32. The van der Waals surface area contributed by atoms with Crippen LogP contribution in [0.15, 0.2) is 34.7 Å². The number of fused-ring (bicyclic) bond motifs is 1. The van der Waals surface area contributed by atoms with Gasteiger partial charge in [-0.25, -0.2) is 0 Å². The maximum Gasteiger partial charge on any atom is 0.287 e. The van der Waals surface area contributed by atoms with Crippen LogP contribution in [0.4, 0.5) is 0 Å². The number of carbonyl (C=O) groups excluding carboxylic acids is 1. The molecule has 0 fully saturated rings. The first-order valence-corrected chi connectivity index (χ1v) is 6.21. The Kier molecular flexibility index (Phi) is 5.86. The third-order valence-corrected chi connectivity index (χ3v) is 2.77. The molecule has 0 aliphatic heterocycles. The molecule has 0 saturated carbocycles. The van der Waals surface area contributed by atoms with Crippen molar-refractivity contribution in [2.75, 3.05) is 13.1 Å². The third kappa shape index (κ3) is 3.98. The lowest BCUT2D eigenvalue weighted by atomic mass is 10.2. The van der Waals surface area contributed by atoms with Crippen molar-refractivity contribution >= 4 is 29.3 Å².